The molecule has 1 N–H and O–H groups in total. The standard InChI is InChI=1S/C18H27NO4/c1-12(2)14(16(20)22-5)19-15(13-10-8-7-9-11-13)18(3,4)17(21)23-6/h7-12,14-15,19H,1-6H3/t14-,15-/m0/s1. The van der Waals surface area contributed by atoms with Gasteiger partial charge in [-0.1, -0.05) is 44.2 Å². The lowest BCUT2D eigenvalue weighted by Gasteiger charge is -2.36. The van der Waals surface area contributed by atoms with Gasteiger partial charge in [0.15, 0.2) is 0 Å². The van der Waals surface area contributed by atoms with Crippen LogP contribution >= 0.6 is 0 Å². The van der Waals surface area contributed by atoms with Gasteiger partial charge in [-0.05, 0) is 25.3 Å². The van der Waals surface area contributed by atoms with Gasteiger partial charge in [0.25, 0.3) is 0 Å². The second kappa shape index (κ2) is 8.11. The molecule has 23 heavy (non-hydrogen) atoms. The van der Waals surface area contributed by atoms with Gasteiger partial charge in [-0.25, -0.2) is 0 Å². The molecule has 128 valence electrons. The van der Waals surface area contributed by atoms with Crippen molar-refractivity contribution in [3.63, 3.8) is 0 Å². The second-order valence-electron chi connectivity index (χ2n) is 6.47. The minimum Gasteiger partial charge on any atom is -0.469 e. The van der Waals surface area contributed by atoms with Gasteiger partial charge in [-0.2, -0.15) is 0 Å². The first-order valence-electron chi connectivity index (χ1n) is 7.73. The van der Waals surface area contributed by atoms with Crippen molar-refractivity contribution in [2.45, 2.75) is 39.8 Å². The van der Waals surface area contributed by atoms with E-state index >= 15 is 0 Å². The first-order valence-corrected chi connectivity index (χ1v) is 7.73. The van der Waals surface area contributed by atoms with E-state index in [1.54, 1.807) is 13.8 Å². The molecule has 0 spiro atoms. The van der Waals surface area contributed by atoms with E-state index in [1.165, 1.54) is 14.2 Å². The first-order chi connectivity index (χ1) is 10.8. The minimum atomic E-state index is -0.850. The van der Waals surface area contributed by atoms with Crippen molar-refractivity contribution in [2.75, 3.05) is 14.2 Å². The fourth-order valence-electron chi connectivity index (χ4n) is 2.59. The highest BCUT2D eigenvalue weighted by Crippen LogP contribution is 2.35. The van der Waals surface area contributed by atoms with Crippen molar-refractivity contribution in [1.82, 2.24) is 5.32 Å². The molecule has 0 aliphatic carbocycles. The molecule has 0 radical (unpaired) electrons. The molecule has 0 aliphatic rings. The van der Waals surface area contributed by atoms with Gasteiger partial charge in [0.2, 0.25) is 0 Å². The SMILES string of the molecule is COC(=O)[C@@H](N[C@@H](c1ccccc1)C(C)(C)C(=O)OC)C(C)C. The lowest BCUT2D eigenvalue weighted by molar-refractivity contribution is -0.154. The quantitative estimate of drug-likeness (QED) is 0.782. The normalized spacial score (nSPS) is 14.2. The van der Waals surface area contributed by atoms with Crippen LogP contribution in [0.15, 0.2) is 30.3 Å². The topological polar surface area (TPSA) is 64.6 Å². The lowest BCUT2D eigenvalue weighted by Crippen LogP contribution is -2.49. The summed E-state index contributed by atoms with van der Waals surface area (Å²) in [6, 6.07) is 8.66. The zero-order valence-corrected chi connectivity index (χ0v) is 14.8. The molecule has 0 amide bonds. The van der Waals surface area contributed by atoms with Gasteiger partial charge in [0.05, 0.1) is 19.6 Å². The van der Waals surface area contributed by atoms with Gasteiger partial charge < -0.3 is 9.47 Å². The molecule has 2 atom stereocenters. The average Bonchev–Trinajstić information content (AvgIpc) is 2.54. The summed E-state index contributed by atoms with van der Waals surface area (Å²) in [5.41, 5.74) is 0.0644. The predicted octanol–water partition coefficient (Wildman–Crippen LogP) is 2.71. The molecule has 1 aromatic carbocycles. The lowest BCUT2D eigenvalue weighted by atomic mass is 9.79. The van der Waals surface area contributed by atoms with Crippen molar-refractivity contribution in [1.29, 1.82) is 0 Å². The van der Waals surface area contributed by atoms with Crippen LogP contribution in [0.25, 0.3) is 0 Å². The summed E-state index contributed by atoms with van der Waals surface area (Å²) < 4.78 is 9.84. The number of carbonyl (C=O) groups excluding carboxylic acids is 2. The Labute approximate surface area is 138 Å². The highest BCUT2D eigenvalue weighted by atomic mass is 16.5. The van der Waals surface area contributed by atoms with Gasteiger partial charge in [0.1, 0.15) is 6.04 Å². The van der Waals surface area contributed by atoms with Crippen LogP contribution in [0.1, 0.15) is 39.3 Å². The largest absolute Gasteiger partial charge is 0.469 e. The maximum Gasteiger partial charge on any atom is 0.323 e. The van der Waals surface area contributed by atoms with Crippen LogP contribution in [0.3, 0.4) is 0 Å². The number of hydrogen-bond donors (Lipinski definition) is 1. The van der Waals surface area contributed by atoms with Crippen molar-refractivity contribution in [3.05, 3.63) is 35.9 Å². The summed E-state index contributed by atoms with van der Waals surface area (Å²) in [6.45, 7) is 7.47. The van der Waals surface area contributed by atoms with Crippen molar-refractivity contribution >= 4 is 11.9 Å². The van der Waals surface area contributed by atoms with E-state index in [0.717, 1.165) is 5.56 Å². The molecule has 1 aromatic rings. The van der Waals surface area contributed by atoms with E-state index in [1.807, 2.05) is 44.2 Å². The van der Waals surface area contributed by atoms with E-state index in [2.05, 4.69) is 5.32 Å². The zero-order valence-electron chi connectivity index (χ0n) is 14.8. The van der Waals surface area contributed by atoms with Crippen LogP contribution in [0.4, 0.5) is 0 Å². The van der Waals surface area contributed by atoms with Crippen LogP contribution in [-0.2, 0) is 19.1 Å². The summed E-state index contributed by atoms with van der Waals surface area (Å²) in [4.78, 5) is 24.3. The molecule has 0 unspecified atom stereocenters. The summed E-state index contributed by atoms with van der Waals surface area (Å²) >= 11 is 0. The Kier molecular flexibility index (Phi) is 6.76. The molecule has 0 bridgehead atoms. The van der Waals surface area contributed by atoms with Crippen LogP contribution in [0.5, 0.6) is 0 Å². The molecular weight excluding hydrogens is 294 g/mol. The maximum atomic E-state index is 12.3. The van der Waals surface area contributed by atoms with E-state index in [4.69, 9.17) is 9.47 Å². The van der Waals surface area contributed by atoms with Crippen LogP contribution < -0.4 is 5.32 Å². The first kappa shape index (κ1) is 19.2. The summed E-state index contributed by atoms with van der Waals surface area (Å²) in [5.74, 6) is -0.671. The van der Waals surface area contributed by atoms with Crippen LogP contribution in [0, 0.1) is 11.3 Å². The molecular formula is C18H27NO4. The van der Waals surface area contributed by atoms with Gasteiger partial charge in [0, 0.05) is 6.04 Å². The Morgan fingerprint density at radius 3 is 2.04 bits per heavy atom. The molecule has 0 saturated carbocycles. The minimum absolute atomic E-state index is 0.0158. The number of rotatable bonds is 7. The van der Waals surface area contributed by atoms with Gasteiger partial charge in [-0.15, -0.1) is 0 Å². The number of benzene rings is 1. The third-order valence-corrected chi connectivity index (χ3v) is 4.03. The van der Waals surface area contributed by atoms with E-state index in [9.17, 15) is 9.59 Å². The van der Waals surface area contributed by atoms with Crippen LogP contribution in [0.2, 0.25) is 0 Å². The Hall–Kier alpha value is -1.88. The van der Waals surface area contributed by atoms with Crippen LogP contribution in [-0.4, -0.2) is 32.2 Å². The molecule has 0 saturated heterocycles. The van der Waals surface area contributed by atoms with E-state index in [0.29, 0.717) is 0 Å². The number of methoxy groups -OCH3 is 2. The molecule has 5 nitrogen and oxygen atoms in total. The number of ether oxygens (including phenoxy) is 2. The van der Waals surface area contributed by atoms with E-state index < -0.39 is 11.5 Å². The summed E-state index contributed by atoms with van der Waals surface area (Å²) in [5, 5.41) is 3.30. The number of carbonyl (C=O) groups is 2. The smallest absolute Gasteiger partial charge is 0.323 e. The molecule has 0 aliphatic heterocycles. The van der Waals surface area contributed by atoms with Gasteiger partial charge >= 0.3 is 11.9 Å². The van der Waals surface area contributed by atoms with Crippen molar-refractivity contribution in [3.8, 4) is 0 Å². The Bertz CT molecular complexity index is 525. The Balaban J connectivity index is 3.24. The third-order valence-electron chi connectivity index (χ3n) is 4.03. The highest BCUT2D eigenvalue weighted by molar-refractivity contribution is 5.78. The Morgan fingerprint density at radius 2 is 1.61 bits per heavy atom. The monoisotopic (exact) mass is 321 g/mol. The van der Waals surface area contributed by atoms with E-state index in [-0.39, 0.29) is 23.9 Å². The molecule has 1 rings (SSSR count). The highest BCUT2D eigenvalue weighted by Gasteiger charge is 2.41. The maximum absolute atomic E-state index is 12.3. The fraction of sp³-hybridized carbons (Fsp3) is 0.556. The van der Waals surface area contributed by atoms with Crippen molar-refractivity contribution < 1.29 is 19.1 Å². The van der Waals surface area contributed by atoms with Crippen molar-refractivity contribution in [2.24, 2.45) is 11.3 Å². The molecule has 0 aromatic heterocycles. The molecule has 0 heterocycles. The van der Waals surface area contributed by atoms with Gasteiger partial charge in [-0.3, -0.25) is 14.9 Å². The number of hydrogen-bond acceptors (Lipinski definition) is 5. The fourth-order valence-corrected chi connectivity index (χ4v) is 2.59. The zero-order chi connectivity index (χ0) is 17.6. The average molecular weight is 321 g/mol. The Morgan fingerprint density at radius 1 is 1.04 bits per heavy atom. The third kappa shape index (κ3) is 4.55. The molecule has 5 heteroatoms. The summed E-state index contributed by atoms with van der Waals surface area (Å²) in [6.07, 6.45) is 0. The number of esters is 2. The number of nitrogens with one attached hydrogen (secondary N) is 1. The molecule has 0 fully saturated rings. The summed E-state index contributed by atoms with van der Waals surface area (Å²) in [7, 11) is 2.73. The second-order valence-corrected chi connectivity index (χ2v) is 6.47. The predicted molar refractivity (Wildman–Crippen MR) is 88.8 cm³/mol.